The van der Waals surface area contributed by atoms with E-state index in [2.05, 4.69) is 48.1 Å². The van der Waals surface area contributed by atoms with Crippen molar-refractivity contribution in [2.45, 2.75) is 207 Å². The first kappa shape index (κ1) is 50.1. The second kappa shape index (κ2) is 38.0. The largest absolute Gasteiger partial charge is 0.351 e. The Balaban J connectivity index is 2.08. The third-order valence-corrected chi connectivity index (χ3v) is 11.4. The van der Waals surface area contributed by atoms with Crippen molar-refractivity contribution >= 4 is 11.8 Å². The highest BCUT2D eigenvalue weighted by Crippen LogP contribution is 2.15. The SMILES string of the molecule is CCCCCCCCCCCCCCCCN(CC)CCNC(=O)c1ccc(C(=O)NCCN(CC)CCCCCCCCCCCCCCCC)cc1. The highest BCUT2D eigenvalue weighted by atomic mass is 16.2. The Morgan fingerprint density at radius 1 is 0.370 bits per heavy atom. The fourth-order valence-corrected chi connectivity index (χ4v) is 7.55. The van der Waals surface area contributed by atoms with Gasteiger partial charge in [0.15, 0.2) is 0 Å². The number of hydrogen-bond acceptors (Lipinski definition) is 4. The molecule has 0 aliphatic rings. The third-order valence-electron chi connectivity index (χ3n) is 11.4. The average Bonchev–Trinajstić information content (AvgIpc) is 3.19. The lowest BCUT2D eigenvalue weighted by molar-refractivity contribution is 0.0936. The van der Waals surface area contributed by atoms with Crippen molar-refractivity contribution < 1.29 is 9.59 Å². The Morgan fingerprint density at radius 2 is 0.611 bits per heavy atom. The van der Waals surface area contributed by atoms with E-state index in [0.717, 1.165) is 39.3 Å². The normalized spacial score (nSPS) is 11.5. The van der Waals surface area contributed by atoms with Crippen LogP contribution in [-0.2, 0) is 0 Å². The molecule has 6 heteroatoms. The number of amides is 2. The van der Waals surface area contributed by atoms with Gasteiger partial charge in [-0.25, -0.2) is 0 Å². The number of unbranched alkanes of at least 4 members (excludes halogenated alkanes) is 26. The Hall–Kier alpha value is -1.92. The average molecular weight is 755 g/mol. The maximum absolute atomic E-state index is 12.8. The summed E-state index contributed by atoms with van der Waals surface area (Å²) in [5, 5.41) is 6.15. The Kier molecular flexibility index (Phi) is 35.2. The molecule has 0 spiro atoms. The van der Waals surface area contributed by atoms with Gasteiger partial charge in [-0.2, -0.15) is 0 Å². The topological polar surface area (TPSA) is 64.7 Å². The molecule has 314 valence electrons. The molecule has 1 rings (SSSR count). The second-order valence-electron chi connectivity index (χ2n) is 16.2. The Labute approximate surface area is 336 Å². The fourth-order valence-electron chi connectivity index (χ4n) is 7.55. The summed E-state index contributed by atoms with van der Waals surface area (Å²) < 4.78 is 0. The van der Waals surface area contributed by atoms with Crippen LogP contribution >= 0.6 is 0 Å². The molecule has 0 radical (unpaired) electrons. The van der Waals surface area contributed by atoms with Gasteiger partial charge in [0.05, 0.1) is 0 Å². The van der Waals surface area contributed by atoms with Crippen LogP contribution in [0.4, 0.5) is 0 Å². The summed E-state index contributed by atoms with van der Waals surface area (Å²) in [4.78, 5) is 30.4. The summed E-state index contributed by atoms with van der Waals surface area (Å²) in [5.74, 6) is -0.145. The molecule has 0 saturated carbocycles. The van der Waals surface area contributed by atoms with E-state index < -0.39 is 0 Å². The summed E-state index contributed by atoms with van der Waals surface area (Å²) in [6, 6.07) is 7.07. The van der Waals surface area contributed by atoms with Gasteiger partial charge in [0.25, 0.3) is 11.8 Å². The van der Waals surface area contributed by atoms with E-state index in [1.165, 1.54) is 180 Å². The zero-order chi connectivity index (χ0) is 39.2. The molecule has 0 saturated heterocycles. The molecule has 54 heavy (non-hydrogen) atoms. The first-order valence-electron chi connectivity index (χ1n) is 23.7. The lowest BCUT2D eigenvalue weighted by atomic mass is 10.0. The predicted molar refractivity (Wildman–Crippen MR) is 236 cm³/mol. The van der Waals surface area contributed by atoms with Gasteiger partial charge in [-0.3, -0.25) is 9.59 Å². The quantitative estimate of drug-likeness (QED) is 0.0655. The maximum atomic E-state index is 12.8. The summed E-state index contributed by atoms with van der Waals surface area (Å²) in [5.41, 5.74) is 1.21. The minimum Gasteiger partial charge on any atom is -0.351 e. The molecule has 0 aromatic heterocycles. The summed E-state index contributed by atoms with van der Waals surface area (Å²) in [6.07, 6.45) is 38.7. The number of nitrogens with one attached hydrogen (secondary N) is 2. The van der Waals surface area contributed by atoms with Crippen molar-refractivity contribution in [2.24, 2.45) is 0 Å². The first-order chi connectivity index (χ1) is 26.5. The number of hydrogen-bond donors (Lipinski definition) is 2. The van der Waals surface area contributed by atoms with Crippen molar-refractivity contribution in [3.8, 4) is 0 Å². The predicted octanol–water partition coefficient (Wildman–Crippen LogP) is 12.8. The molecule has 2 N–H and O–H groups in total. The van der Waals surface area contributed by atoms with Crippen LogP contribution < -0.4 is 10.6 Å². The maximum Gasteiger partial charge on any atom is 0.251 e. The van der Waals surface area contributed by atoms with Crippen LogP contribution in [0.25, 0.3) is 0 Å². The summed E-state index contributed by atoms with van der Waals surface area (Å²) in [7, 11) is 0. The number of carbonyl (C=O) groups is 2. The lowest BCUT2D eigenvalue weighted by Crippen LogP contribution is -2.36. The van der Waals surface area contributed by atoms with Crippen LogP contribution in [0, 0.1) is 0 Å². The van der Waals surface area contributed by atoms with Crippen LogP contribution in [-0.4, -0.2) is 74.0 Å². The van der Waals surface area contributed by atoms with Crippen LogP contribution in [0.1, 0.15) is 228 Å². The second-order valence-corrected chi connectivity index (χ2v) is 16.2. The summed E-state index contributed by atoms with van der Waals surface area (Å²) in [6.45, 7) is 16.2. The molecule has 1 aromatic rings. The highest BCUT2D eigenvalue weighted by Gasteiger charge is 2.11. The van der Waals surface area contributed by atoms with Crippen molar-refractivity contribution in [2.75, 3.05) is 52.4 Å². The van der Waals surface area contributed by atoms with E-state index in [9.17, 15) is 9.59 Å². The number of carbonyl (C=O) groups excluding carboxylic acids is 2. The van der Waals surface area contributed by atoms with Crippen LogP contribution in [0.15, 0.2) is 24.3 Å². The molecule has 0 heterocycles. The third kappa shape index (κ3) is 29.4. The molecular weight excluding hydrogens is 665 g/mol. The molecule has 1 aromatic carbocycles. The van der Waals surface area contributed by atoms with Gasteiger partial charge in [0.1, 0.15) is 0 Å². The van der Waals surface area contributed by atoms with Gasteiger partial charge in [0.2, 0.25) is 0 Å². The fraction of sp³-hybridized carbons (Fsp3) is 0.833. The molecule has 6 nitrogen and oxygen atoms in total. The van der Waals surface area contributed by atoms with E-state index in [1.54, 1.807) is 24.3 Å². The number of likely N-dealkylation sites (N-methyl/N-ethyl adjacent to an activating group) is 2. The van der Waals surface area contributed by atoms with E-state index in [4.69, 9.17) is 0 Å². The standard InChI is InChI=1S/C48H90N4O2/c1-5-9-11-13-15-17-19-21-23-25-27-29-31-33-41-51(7-3)43-39-49-47(53)45-35-37-46(38-36-45)48(54)50-40-44-52(8-4)42-34-32-30-28-26-24-22-20-18-16-14-12-10-6-2/h35-38H,5-34,39-44H2,1-4H3,(H,49,53)(H,50,54). The van der Waals surface area contributed by atoms with Crippen molar-refractivity contribution in [3.05, 3.63) is 35.4 Å². The molecule has 0 atom stereocenters. The zero-order valence-corrected chi connectivity index (χ0v) is 36.5. The Morgan fingerprint density at radius 3 is 0.852 bits per heavy atom. The zero-order valence-electron chi connectivity index (χ0n) is 36.5. The highest BCUT2D eigenvalue weighted by molar-refractivity contribution is 5.97. The Bertz CT molecular complexity index is 891. The van der Waals surface area contributed by atoms with E-state index in [-0.39, 0.29) is 11.8 Å². The first-order valence-corrected chi connectivity index (χ1v) is 23.7. The number of rotatable bonds is 40. The lowest BCUT2D eigenvalue weighted by Gasteiger charge is -2.20. The van der Waals surface area contributed by atoms with Crippen LogP contribution in [0.3, 0.4) is 0 Å². The van der Waals surface area contributed by atoms with Crippen LogP contribution in [0.5, 0.6) is 0 Å². The minimum absolute atomic E-state index is 0.0726. The van der Waals surface area contributed by atoms with E-state index >= 15 is 0 Å². The molecule has 0 fully saturated rings. The number of benzene rings is 1. The van der Waals surface area contributed by atoms with Gasteiger partial charge in [0, 0.05) is 37.3 Å². The van der Waals surface area contributed by atoms with E-state index in [0.29, 0.717) is 24.2 Å². The molecule has 0 bridgehead atoms. The smallest absolute Gasteiger partial charge is 0.251 e. The number of nitrogens with zero attached hydrogens (tertiary/aromatic N) is 2. The van der Waals surface area contributed by atoms with Gasteiger partial charge in [-0.1, -0.05) is 195 Å². The molecule has 0 aliphatic heterocycles. The molecule has 0 unspecified atom stereocenters. The van der Waals surface area contributed by atoms with Gasteiger partial charge in [-0.05, 0) is 63.3 Å². The van der Waals surface area contributed by atoms with Crippen molar-refractivity contribution in [1.29, 1.82) is 0 Å². The molecule has 2 amide bonds. The monoisotopic (exact) mass is 755 g/mol. The van der Waals surface area contributed by atoms with Crippen LogP contribution in [0.2, 0.25) is 0 Å². The van der Waals surface area contributed by atoms with Crippen molar-refractivity contribution in [3.63, 3.8) is 0 Å². The van der Waals surface area contributed by atoms with Gasteiger partial charge >= 0.3 is 0 Å². The van der Waals surface area contributed by atoms with Gasteiger partial charge in [-0.15, -0.1) is 0 Å². The minimum atomic E-state index is -0.0726. The molecule has 0 aliphatic carbocycles. The molecular formula is C48H90N4O2. The van der Waals surface area contributed by atoms with Crippen molar-refractivity contribution in [1.82, 2.24) is 20.4 Å². The van der Waals surface area contributed by atoms with Gasteiger partial charge < -0.3 is 20.4 Å². The van der Waals surface area contributed by atoms with E-state index in [1.807, 2.05) is 0 Å². The summed E-state index contributed by atoms with van der Waals surface area (Å²) >= 11 is 0.